The van der Waals surface area contributed by atoms with E-state index in [1.54, 1.807) is 0 Å². The molecule has 0 radical (unpaired) electrons. The maximum atomic E-state index is 13.5. The van der Waals surface area contributed by atoms with Crippen molar-refractivity contribution < 1.29 is 21.9 Å². The van der Waals surface area contributed by atoms with Gasteiger partial charge in [0.25, 0.3) is 0 Å². The molecule has 1 aliphatic carbocycles. The van der Waals surface area contributed by atoms with Crippen LogP contribution in [0.4, 0.5) is 8.78 Å². The van der Waals surface area contributed by atoms with Crippen LogP contribution in [0.1, 0.15) is 19.3 Å². The molecule has 1 aromatic rings. The van der Waals surface area contributed by atoms with E-state index in [9.17, 15) is 17.2 Å². The quantitative estimate of drug-likeness (QED) is 0.912. The van der Waals surface area contributed by atoms with Gasteiger partial charge >= 0.3 is 0 Å². The number of benzene rings is 1. The van der Waals surface area contributed by atoms with E-state index < -0.39 is 32.3 Å². The van der Waals surface area contributed by atoms with E-state index in [1.807, 2.05) is 0 Å². The molecule has 4 nitrogen and oxygen atoms in total. The number of ether oxygens (including phenoxy) is 1. The van der Waals surface area contributed by atoms with Crippen LogP contribution in [-0.4, -0.2) is 15.0 Å². The van der Waals surface area contributed by atoms with Gasteiger partial charge in [0, 0.05) is 0 Å². The molecule has 2 rings (SSSR count). The highest BCUT2D eigenvalue weighted by Crippen LogP contribution is 2.30. The zero-order valence-corrected chi connectivity index (χ0v) is 10.3. The van der Waals surface area contributed by atoms with Gasteiger partial charge in [-0.15, -0.1) is 0 Å². The Morgan fingerprint density at radius 3 is 2.22 bits per heavy atom. The number of nitrogens with two attached hydrogens (primary N) is 1. The molecular formula is C11H13F2NO3S. The van der Waals surface area contributed by atoms with Crippen molar-refractivity contribution in [2.24, 2.45) is 11.1 Å². The van der Waals surface area contributed by atoms with Crippen LogP contribution in [0.25, 0.3) is 0 Å². The van der Waals surface area contributed by atoms with Crippen molar-refractivity contribution in [3.8, 4) is 5.75 Å². The number of primary sulfonamides is 1. The standard InChI is InChI=1S/C11H13F2NO3S/c12-9-4-8(18(14,15)16)5-10(13)11(9)17-6-7-2-1-3-7/h4-5,7H,1-3,6H2,(H2,14,15,16). The summed E-state index contributed by atoms with van der Waals surface area (Å²) in [6, 6.07) is 1.32. The summed E-state index contributed by atoms with van der Waals surface area (Å²) in [5.41, 5.74) is 0. The van der Waals surface area contributed by atoms with Gasteiger partial charge in [-0.3, -0.25) is 0 Å². The van der Waals surface area contributed by atoms with Gasteiger partial charge < -0.3 is 4.74 Å². The summed E-state index contributed by atoms with van der Waals surface area (Å²) < 4.78 is 54.1. The molecule has 1 aromatic carbocycles. The van der Waals surface area contributed by atoms with Crippen molar-refractivity contribution in [2.45, 2.75) is 24.2 Å². The number of hydrogen-bond acceptors (Lipinski definition) is 3. The van der Waals surface area contributed by atoms with E-state index >= 15 is 0 Å². The molecule has 18 heavy (non-hydrogen) atoms. The highest BCUT2D eigenvalue weighted by molar-refractivity contribution is 7.89. The summed E-state index contributed by atoms with van der Waals surface area (Å²) in [4.78, 5) is -0.603. The molecule has 0 heterocycles. The largest absolute Gasteiger partial charge is 0.487 e. The highest BCUT2D eigenvalue weighted by atomic mass is 32.2. The predicted molar refractivity (Wildman–Crippen MR) is 60.6 cm³/mol. The fourth-order valence-electron chi connectivity index (χ4n) is 1.70. The summed E-state index contributed by atoms with van der Waals surface area (Å²) in [6.45, 7) is 0.239. The zero-order chi connectivity index (χ0) is 13.3. The van der Waals surface area contributed by atoms with Crippen molar-refractivity contribution >= 4 is 10.0 Å². The molecule has 0 unspecified atom stereocenters. The maximum absolute atomic E-state index is 13.5. The first-order valence-corrected chi connectivity index (χ1v) is 7.07. The molecule has 1 aliphatic rings. The highest BCUT2D eigenvalue weighted by Gasteiger charge is 2.22. The second-order valence-electron chi connectivity index (χ2n) is 4.37. The first kappa shape index (κ1) is 13.2. The van der Waals surface area contributed by atoms with Crippen LogP contribution in [0.15, 0.2) is 17.0 Å². The Kier molecular flexibility index (Phi) is 3.54. The lowest BCUT2D eigenvalue weighted by Gasteiger charge is -2.25. The molecule has 0 saturated heterocycles. The topological polar surface area (TPSA) is 69.4 Å². The number of hydrogen-bond donors (Lipinski definition) is 1. The minimum absolute atomic E-state index is 0.239. The Bertz CT molecular complexity index is 532. The maximum Gasteiger partial charge on any atom is 0.238 e. The minimum atomic E-state index is -4.12. The van der Waals surface area contributed by atoms with Crippen LogP contribution < -0.4 is 9.88 Å². The van der Waals surface area contributed by atoms with Crippen LogP contribution in [-0.2, 0) is 10.0 Å². The van der Waals surface area contributed by atoms with E-state index in [-0.39, 0.29) is 6.61 Å². The van der Waals surface area contributed by atoms with Crippen LogP contribution in [0.5, 0.6) is 5.75 Å². The Morgan fingerprint density at radius 2 is 1.83 bits per heavy atom. The van der Waals surface area contributed by atoms with Crippen molar-refractivity contribution in [3.63, 3.8) is 0 Å². The molecule has 2 N–H and O–H groups in total. The van der Waals surface area contributed by atoms with Crippen LogP contribution in [0.2, 0.25) is 0 Å². The summed E-state index contributed by atoms with van der Waals surface area (Å²) in [7, 11) is -4.12. The van der Waals surface area contributed by atoms with Gasteiger partial charge in [-0.1, -0.05) is 6.42 Å². The van der Waals surface area contributed by atoms with Crippen LogP contribution in [0.3, 0.4) is 0 Å². The smallest absolute Gasteiger partial charge is 0.238 e. The first-order valence-electron chi connectivity index (χ1n) is 5.52. The zero-order valence-electron chi connectivity index (χ0n) is 9.53. The average Bonchev–Trinajstić information content (AvgIpc) is 2.17. The molecule has 0 amide bonds. The third-order valence-electron chi connectivity index (χ3n) is 2.99. The lowest BCUT2D eigenvalue weighted by molar-refractivity contribution is 0.169. The number of sulfonamides is 1. The number of rotatable bonds is 4. The lowest BCUT2D eigenvalue weighted by Crippen LogP contribution is -2.20. The van der Waals surface area contributed by atoms with Crippen molar-refractivity contribution in [3.05, 3.63) is 23.8 Å². The first-order chi connectivity index (χ1) is 8.38. The second-order valence-corrected chi connectivity index (χ2v) is 5.93. The summed E-state index contributed by atoms with van der Waals surface area (Å²) in [5.74, 6) is -2.34. The molecule has 0 bridgehead atoms. The van der Waals surface area contributed by atoms with E-state index in [1.165, 1.54) is 0 Å². The lowest BCUT2D eigenvalue weighted by atomic mass is 9.86. The molecule has 1 fully saturated rings. The second kappa shape index (κ2) is 4.81. The fraction of sp³-hybridized carbons (Fsp3) is 0.455. The monoisotopic (exact) mass is 277 g/mol. The Morgan fingerprint density at radius 1 is 1.28 bits per heavy atom. The van der Waals surface area contributed by atoms with Gasteiger partial charge in [-0.2, -0.15) is 0 Å². The molecular weight excluding hydrogens is 264 g/mol. The summed E-state index contributed by atoms with van der Waals surface area (Å²) >= 11 is 0. The normalized spacial score (nSPS) is 16.4. The van der Waals surface area contributed by atoms with Crippen molar-refractivity contribution in [1.82, 2.24) is 0 Å². The van der Waals surface area contributed by atoms with E-state index in [4.69, 9.17) is 9.88 Å². The molecule has 0 spiro atoms. The van der Waals surface area contributed by atoms with Gasteiger partial charge in [0.1, 0.15) is 0 Å². The van der Waals surface area contributed by atoms with E-state index in [0.717, 1.165) is 19.3 Å². The average molecular weight is 277 g/mol. The van der Waals surface area contributed by atoms with Gasteiger partial charge in [-0.25, -0.2) is 22.3 Å². The molecule has 1 saturated carbocycles. The van der Waals surface area contributed by atoms with Crippen molar-refractivity contribution in [1.29, 1.82) is 0 Å². The minimum Gasteiger partial charge on any atom is -0.487 e. The Labute approximate surface area is 104 Å². The fourth-order valence-corrected chi connectivity index (χ4v) is 2.23. The molecule has 0 atom stereocenters. The SMILES string of the molecule is NS(=O)(=O)c1cc(F)c(OCC2CCC2)c(F)c1. The van der Waals surface area contributed by atoms with Gasteiger partial charge in [0.15, 0.2) is 17.4 Å². The molecule has 100 valence electrons. The third kappa shape index (κ3) is 2.78. The Balaban J connectivity index is 2.20. The Hall–Kier alpha value is -1.21. The number of halogens is 2. The summed E-state index contributed by atoms with van der Waals surface area (Å²) in [6.07, 6.45) is 3.07. The van der Waals surface area contributed by atoms with Gasteiger partial charge in [0.2, 0.25) is 10.0 Å². The molecule has 0 aromatic heterocycles. The van der Waals surface area contributed by atoms with Gasteiger partial charge in [0.05, 0.1) is 11.5 Å². The third-order valence-corrected chi connectivity index (χ3v) is 3.88. The van der Waals surface area contributed by atoms with E-state index in [0.29, 0.717) is 18.1 Å². The molecule has 0 aliphatic heterocycles. The van der Waals surface area contributed by atoms with Crippen LogP contribution >= 0.6 is 0 Å². The van der Waals surface area contributed by atoms with E-state index in [2.05, 4.69) is 0 Å². The summed E-state index contributed by atoms with van der Waals surface area (Å²) in [5, 5.41) is 4.80. The van der Waals surface area contributed by atoms with Gasteiger partial charge in [-0.05, 0) is 30.9 Å². The predicted octanol–water partition coefficient (Wildman–Crippen LogP) is 1.79. The van der Waals surface area contributed by atoms with Crippen LogP contribution in [0, 0.1) is 17.6 Å². The van der Waals surface area contributed by atoms with Crippen molar-refractivity contribution in [2.75, 3.05) is 6.61 Å². The molecule has 7 heteroatoms.